The number of ether oxygens (including phenoxy) is 1. The molecule has 1 heterocycles. The van der Waals surface area contributed by atoms with Crippen molar-refractivity contribution in [3.05, 3.63) is 11.1 Å². The van der Waals surface area contributed by atoms with Gasteiger partial charge in [0.2, 0.25) is 0 Å². The van der Waals surface area contributed by atoms with E-state index in [2.05, 4.69) is 9.72 Å². The Kier molecular flexibility index (Phi) is 4.20. The second-order valence-corrected chi connectivity index (χ2v) is 4.50. The molecule has 0 radical (unpaired) electrons. The number of carbonyl (C=O) groups excluding carboxylic acids is 1. The Hall–Kier alpha value is -0.590. The number of aromatic nitrogens is 1. The molecule has 0 unspecified atom stereocenters. The summed E-state index contributed by atoms with van der Waals surface area (Å²) in [5, 5.41) is 0. The van der Waals surface area contributed by atoms with Gasteiger partial charge in [-0.1, -0.05) is 11.8 Å². The van der Waals surface area contributed by atoms with Gasteiger partial charge in [0, 0.05) is 17.6 Å². The zero-order chi connectivity index (χ0) is 9.68. The van der Waals surface area contributed by atoms with E-state index in [-0.39, 0.29) is 5.97 Å². The predicted octanol–water partition coefficient (Wildman–Crippen LogP) is 0.867. The maximum Gasteiger partial charge on any atom is 0.316 e. The van der Waals surface area contributed by atoms with Crippen molar-refractivity contribution in [1.82, 2.24) is 4.98 Å². The van der Waals surface area contributed by atoms with Crippen LogP contribution in [0.1, 0.15) is 4.88 Å². The lowest BCUT2D eigenvalue weighted by Gasteiger charge is -1.94. The van der Waals surface area contributed by atoms with Gasteiger partial charge in [-0.2, -0.15) is 0 Å². The molecule has 0 saturated carbocycles. The first-order chi connectivity index (χ1) is 6.26. The van der Waals surface area contributed by atoms with Crippen molar-refractivity contribution in [2.24, 2.45) is 5.73 Å². The van der Waals surface area contributed by atoms with Gasteiger partial charge in [-0.25, -0.2) is 4.98 Å². The van der Waals surface area contributed by atoms with Crippen molar-refractivity contribution in [2.45, 2.75) is 10.9 Å². The number of thioether (sulfide) groups is 1. The number of thiazole rings is 1. The molecule has 4 nitrogen and oxygen atoms in total. The van der Waals surface area contributed by atoms with Gasteiger partial charge in [0.15, 0.2) is 4.34 Å². The number of hydrogen-bond acceptors (Lipinski definition) is 6. The molecule has 0 bridgehead atoms. The third-order valence-corrected chi connectivity index (χ3v) is 3.42. The second kappa shape index (κ2) is 5.21. The summed E-state index contributed by atoms with van der Waals surface area (Å²) in [6, 6.07) is 0. The fraction of sp³-hybridized carbons (Fsp3) is 0.429. The molecule has 0 aliphatic heterocycles. The SMILES string of the molecule is COC(=O)CSc1ncc(CN)s1. The third-order valence-electron chi connectivity index (χ3n) is 1.27. The van der Waals surface area contributed by atoms with E-state index in [4.69, 9.17) is 5.73 Å². The van der Waals surface area contributed by atoms with Gasteiger partial charge < -0.3 is 10.5 Å². The highest BCUT2D eigenvalue weighted by atomic mass is 32.2. The molecule has 0 aromatic carbocycles. The van der Waals surface area contributed by atoms with Crippen molar-refractivity contribution in [3.63, 3.8) is 0 Å². The molecule has 0 atom stereocenters. The fourth-order valence-corrected chi connectivity index (χ4v) is 2.37. The van der Waals surface area contributed by atoms with Gasteiger partial charge in [0.1, 0.15) is 0 Å². The first-order valence-corrected chi connectivity index (χ1v) is 5.41. The molecule has 2 N–H and O–H groups in total. The number of esters is 1. The standard InChI is InChI=1S/C7H10N2O2S2/c1-11-6(10)4-12-7-9-3-5(2-8)13-7/h3H,2,4,8H2,1H3. The number of hydrogen-bond donors (Lipinski definition) is 1. The van der Waals surface area contributed by atoms with Gasteiger partial charge >= 0.3 is 5.97 Å². The van der Waals surface area contributed by atoms with Crippen LogP contribution in [0.4, 0.5) is 0 Å². The van der Waals surface area contributed by atoms with E-state index in [1.165, 1.54) is 30.2 Å². The van der Waals surface area contributed by atoms with Crippen LogP contribution in [0.3, 0.4) is 0 Å². The summed E-state index contributed by atoms with van der Waals surface area (Å²) in [5.41, 5.74) is 5.41. The minimum absolute atomic E-state index is 0.241. The molecule has 1 rings (SSSR count). The van der Waals surface area contributed by atoms with Crippen LogP contribution in [0.15, 0.2) is 10.5 Å². The molecule has 0 amide bonds. The zero-order valence-corrected chi connectivity index (χ0v) is 8.78. The van der Waals surface area contributed by atoms with E-state index in [1.807, 2.05) is 0 Å². The minimum Gasteiger partial charge on any atom is -0.468 e. The molecular weight excluding hydrogens is 208 g/mol. The van der Waals surface area contributed by atoms with Crippen molar-refractivity contribution in [1.29, 1.82) is 0 Å². The molecule has 72 valence electrons. The average Bonchev–Trinajstić information content (AvgIpc) is 2.61. The summed E-state index contributed by atoms with van der Waals surface area (Å²) in [4.78, 5) is 15.9. The highest BCUT2D eigenvalue weighted by molar-refractivity contribution is 8.01. The molecule has 0 aliphatic carbocycles. The van der Waals surface area contributed by atoms with Crippen LogP contribution < -0.4 is 5.73 Å². The Balaban J connectivity index is 2.41. The van der Waals surface area contributed by atoms with Crippen molar-refractivity contribution < 1.29 is 9.53 Å². The van der Waals surface area contributed by atoms with Crippen LogP contribution >= 0.6 is 23.1 Å². The highest BCUT2D eigenvalue weighted by Crippen LogP contribution is 2.23. The monoisotopic (exact) mass is 218 g/mol. The van der Waals surface area contributed by atoms with Crippen LogP contribution in [0, 0.1) is 0 Å². The van der Waals surface area contributed by atoms with Gasteiger partial charge in [-0.05, 0) is 0 Å². The van der Waals surface area contributed by atoms with E-state index in [9.17, 15) is 4.79 Å². The van der Waals surface area contributed by atoms with Crippen molar-refractivity contribution >= 4 is 29.1 Å². The Labute approximate surface area is 84.5 Å². The maximum absolute atomic E-state index is 10.8. The largest absolute Gasteiger partial charge is 0.468 e. The number of rotatable bonds is 4. The van der Waals surface area contributed by atoms with Gasteiger partial charge in [0.25, 0.3) is 0 Å². The summed E-state index contributed by atoms with van der Waals surface area (Å²) in [7, 11) is 1.37. The molecule has 0 aliphatic rings. The highest BCUT2D eigenvalue weighted by Gasteiger charge is 2.05. The molecule has 1 aromatic heterocycles. The number of carbonyl (C=O) groups is 1. The number of nitrogens with two attached hydrogens (primary N) is 1. The van der Waals surface area contributed by atoms with Crippen molar-refractivity contribution in [3.8, 4) is 0 Å². The Bertz CT molecular complexity index is 288. The zero-order valence-electron chi connectivity index (χ0n) is 7.15. The van der Waals surface area contributed by atoms with Gasteiger partial charge in [-0.15, -0.1) is 11.3 Å². The Morgan fingerprint density at radius 3 is 3.15 bits per heavy atom. The van der Waals surface area contributed by atoms with E-state index >= 15 is 0 Å². The quantitative estimate of drug-likeness (QED) is 0.600. The maximum atomic E-state index is 10.8. The van der Waals surface area contributed by atoms with E-state index in [0.717, 1.165) is 9.22 Å². The number of nitrogens with zero attached hydrogens (tertiary/aromatic N) is 1. The molecule has 0 fully saturated rings. The van der Waals surface area contributed by atoms with Gasteiger partial charge in [0.05, 0.1) is 12.9 Å². The van der Waals surface area contributed by atoms with E-state index in [0.29, 0.717) is 12.3 Å². The van der Waals surface area contributed by atoms with Crippen LogP contribution in [0.2, 0.25) is 0 Å². The molecule has 13 heavy (non-hydrogen) atoms. The van der Waals surface area contributed by atoms with E-state index < -0.39 is 0 Å². The Morgan fingerprint density at radius 1 is 1.85 bits per heavy atom. The lowest BCUT2D eigenvalue weighted by Crippen LogP contribution is -2.02. The second-order valence-electron chi connectivity index (χ2n) is 2.16. The average molecular weight is 218 g/mol. The number of methoxy groups -OCH3 is 1. The molecule has 1 aromatic rings. The van der Waals surface area contributed by atoms with Crippen molar-refractivity contribution in [2.75, 3.05) is 12.9 Å². The normalized spacial score (nSPS) is 10.0. The van der Waals surface area contributed by atoms with Crippen LogP contribution in [0.25, 0.3) is 0 Å². The van der Waals surface area contributed by atoms with Crippen LogP contribution in [-0.4, -0.2) is 23.8 Å². The van der Waals surface area contributed by atoms with Crippen LogP contribution in [0.5, 0.6) is 0 Å². The van der Waals surface area contributed by atoms with E-state index in [1.54, 1.807) is 6.20 Å². The van der Waals surface area contributed by atoms with Crippen LogP contribution in [-0.2, 0) is 16.1 Å². The lowest BCUT2D eigenvalue weighted by atomic mass is 10.6. The topological polar surface area (TPSA) is 65.2 Å². The molecule has 0 saturated heterocycles. The summed E-state index contributed by atoms with van der Waals surface area (Å²) < 4.78 is 5.35. The first kappa shape index (κ1) is 10.5. The summed E-state index contributed by atoms with van der Waals surface area (Å²) >= 11 is 2.87. The summed E-state index contributed by atoms with van der Waals surface area (Å²) in [6.07, 6.45) is 1.73. The molecule has 0 spiro atoms. The predicted molar refractivity (Wildman–Crippen MR) is 52.7 cm³/mol. The van der Waals surface area contributed by atoms with Gasteiger partial charge in [-0.3, -0.25) is 4.79 Å². The first-order valence-electron chi connectivity index (χ1n) is 3.60. The Morgan fingerprint density at radius 2 is 2.62 bits per heavy atom. The fourth-order valence-electron chi connectivity index (χ4n) is 0.630. The lowest BCUT2D eigenvalue weighted by molar-refractivity contribution is -0.137. The molecular formula is C7H10N2O2S2. The molecule has 6 heteroatoms. The summed E-state index contributed by atoms with van der Waals surface area (Å²) in [6.45, 7) is 0.496. The summed E-state index contributed by atoms with van der Waals surface area (Å²) in [5.74, 6) is 0.0584. The smallest absolute Gasteiger partial charge is 0.316 e. The third kappa shape index (κ3) is 3.33. The minimum atomic E-state index is -0.241.